The van der Waals surface area contributed by atoms with Gasteiger partial charge in [-0.3, -0.25) is 9.59 Å². The molecule has 2 atom stereocenters. The van der Waals surface area contributed by atoms with Crippen LogP contribution in [0.25, 0.3) is 0 Å². The van der Waals surface area contributed by atoms with Crippen LogP contribution in [0.4, 0.5) is 4.79 Å². The lowest BCUT2D eigenvalue weighted by atomic mass is 10.1. The summed E-state index contributed by atoms with van der Waals surface area (Å²) >= 11 is 0. The molecule has 1 rings (SSSR count). The molecule has 1 fully saturated rings. The largest absolute Gasteiger partial charge is 0.480 e. The van der Waals surface area contributed by atoms with Crippen molar-refractivity contribution in [3.8, 4) is 0 Å². The average molecular weight is 272 g/mol. The number of nitrogens with two attached hydrogens (primary N) is 1. The van der Waals surface area contributed by atoms with Crippen molar-refractivity contribution in [2.45, 2.75) is 31.3 Å². The van der Waals surface area contributed by atoms with Gasteiger partial charge in [0.05, 0.1) is 6.42 Å². The van der Waals surface area contributed by atoms with Crippen LogP contribution in [-0.2, 0) is 14.4 Å². The molecule has 1 aliphatic rings. The van der Waals surface area contributed by atoms with Crippen LogP contribution in [0.2, 0.25) is 0 Å². The van der Waals surface area contributed by atoms with Gasteiger partial charge in [0.2, 0.25) is 11.8 Å². The van der Waals surface area contributed by atoms with Gasteiger partial charge in [0.1, 0.15) is 12.1 Å². The van der Waals surface area contributed by atoms with Gasteiger partial charge in [-0.15, -0.1) is 0 Å². The minimum absolute atomic E-state index is 0.317. The topological polar surface area (TPSA) is 151 Å². The van der Waals surface area contributed by atoms with E-state index in [1.54, 1.807) is 0 Å². The van der Waals surface area contributed by atoms with Crippen LogP contribution in [0.3, 0.4) is 0 Å². The van der Waals surface area contributed by atoms with Crippen LogP contribution >= 0.6 is 0 Å². The molecule has 1 unspecified atom stereocenters. The number of aliphatic carboxylic acids is 1. The fourth-order valence-corrected chi connectivity index (χ4v) is 1.67. The molecule has 9 nitrogen and oxygen atoms in total. The number of carbonyl (C=O) groups is 4. The third-order valence-corrected chi connectivity index (χ3v) is 2.60. The second-order valence-electron chi connectivity index (χ2n) is 4.16. The molecule has 106 valence electrons. The van der Waals surface area contributed by atoms with Crippen LogP contribution in [-0.4, -0.2) is 47.5 Å². The number of hydrogen-bond donors (Lipinski definition) is 5. The van der Waals surface area contributed by atoms with Gasteiger partial charge in [-0.05, 0) is 12.8 Å². The Bertz CT molecular complexity index is 397. The lowest BCUT2D eigenvalue weighted by Crippen LogP contribution is -2.55. The van der Waals surface area contributed by atoms with E-state index in [0.29, 0.717) is 13.0 Å². The van der Waals surface area contributed by atoms with E-state index in [-0.39, 0.29) is 5.91 Å². The molecule has 6 N–H and O–H groups in total. The Morgan fingerprint density at radius 3 is 2.68 bits per heavy atom. The lowest BCUT2D eigenvalue weighted by Gasteiger charge is -2.23. The normalized spacial score (nSPS) is 20.0. The molecule has 19 heavy (non-hydrogen) atoms. The predicted octanol–water partition coefficient (Wildman–Crippen LogP) is -2.11. The van der Waals surface area contributed by atoms with E-state index >= 15 is 0 Å². The quantitative estimate of drug-likeness (QED) is 0.388. The van der Waals surface area contributed by atoms with Gasteiger partial charge in [0, 0.05) is 6.54 Å². The number of nitrogens with one attached hydrogen (secondary N) is 3. The molecule has 0 aromatic carbocycles. The average Bonchev–Trinajstić information content (AvgIpc) is 2.30. The maximum atomic E-state index is 11.5. The van der Waals surface area contributed by atoms with Crippen molar-refractivity contribution in [3.05, 3.63) is 0 Å². The van der Waals surface area contributed by atoms with Crippen molar-refractivity contribution in [2.24, 2.45) is 5.73 Å². The molecule has 0 bridgehead atoms. The summed E-state index contributed by atoms with van der Waals surface area (Å²) in [7, 11) is 0. The summed E-state index contributed by atoms with van der Waals surface area (Å²) < 4.78 is 0. The number of primary amides is 1. The number of carboxylic acid groups (broad SMARTS) is 1. The molecule has 0 saturated carbocycles. The smallest absolute Gasteiger partial charge is 0.326 e. The zero-order chi connectivity index (χ0) is 14.4. The third-order valence-electron chi connectivity index (χ3n) is 2.60. The van der Waals surface area contributed by atoms with Gasteiger partial charge in [-0.1, -0.05) is 0 Å². The fraction of sp³-hybridized carbons (Fsp3) is 0.600. The standard InChI is InChI=1S/C10H16N4O5/c11-7(15)4-6(9(17)18)14-10(19)13-5-2-1-3-12-8(5)16/h5-6H,1-4H2,(H2,11,15)(H,12,16)(H,17,18)(H2,13,14,19)/t5?,6-/m1/s1. The van der Waals surface area contributed by atoms with E-state index in [4.69, 9.17) is 10.8 Å². The first-order valence-corrected chi connectivity index (χ1v) is 5.76. The van der Waals surface area contributed by atoms with Gasteiger partial charge in [0.25, 0.3) is 0 Å². The zero-order valence-electron chi connectivity index (χ0n) is 10.1. The Hall–Kier alpha value is -2.32. The van der Waals surface area contributed by atoms with Crippen LogP contribution < -0.4 is 21.7 Å². The van der Waals surface area contributed by atoms with E-state index in [9.17, 15) is 19.2 Å². The third kappa shape index (κ3) is 4.82. The van der Waals surface area contributed by atoms with Crippen LogP contribution in [0.5, 0.6) is 0 Å². The highest BCUT2D eigenvalue weighted by Crippen LogP contribution is 2.02. The monoisotopic (exact) mass is 272 g/mol. The van der Waals surface area contributed by atoms with Gasteiger partial charge in [-0.25, -0.2) is 9.59 Å². The van der Waals surface area contributed by atoms with Crippen molar-refractivity contribution in [1.29, 1.82) is 0 Å². The molecule has 1 aliphatic heterocycles. The molecule has 0 aromatic heterocycles. The first-order valence-electron chi connectivity index (χ1n) is 5.76. The molecule has 0 aromatic rings. The highest BCUT2D eigenvalue weighted by Gasteiger charge is 2.26. The Kier molecular flexibility index (Phi) is 5.10. The number of carbonyl (C=O) groups excluding carboxylic acids is 3. The zero-order valence-corrected chi connectivity index (χ0v) is 10.1. The van der Waals surface area contributed by atoms with Crippen molar-refractivity contribution in [1.82, 2.24) is 16.0 Å². The molecule has 0 aliphatic carbocycles. The molecule has 1 heterocycles. The van der Waals surface area contributed by atoms with Gasteiger partial charge in [0.15, 0.2) is 0 Å². The summed E-state index contributed by atoms with van der Waals surface area (Å²) in [5.74, 6) is -2.53. The van der Waals surface area contributed by atoms with Gasteiger partial charge < -0.3 is 26.8 Å². The summed E-state index contributed by atoms with van der Waals surface area (Å²) in [5, 5.41) is 15.8. The van der Waals surface area contributed by atoms with Gasteiger partial charge >= 0.3 is 12.0 Å². The molecular weight excluding hydrogens is 256 g/mol. The minimum Gasteiger partial charge on any atom is -0.480 e. The summed E-state index contributed by atoms with van der Waals surface area (Å²) in [4.78, 5) is 44.4. The summed E-state index contributed by atoms with van der Waals surface area (Å²) in [6.07, 6.45) is 0.687. The molecule has 9 heteroatoms. The highest BCUT2D eigenvalue weighted by molar-refractivity contribution is 5.90. The highest BCUT2D eigenvalue weighted by atomic mass is 16.4. The maximum absolute atomic E-state index is 11.5. The van der Waals surface area contributed by atoms with Crippen LogP contribution in [0.15, 0.2) is 0 Å². The number of amides is 4. The first kappa shape index (κ1) is 14.7. The summed E-state index contributed by atoms with van der Waals surface area (Å²) in [5.41, 5.74) is 4.88. The van der Waals surface area contributed by atoms with Crippen molar-refractivity contribution < 1.29 is 24.3 Å². The second kappa shape index (κ2) is 6.57. The molecule has 4 amide bonds. The number of urea groups is 1. The Labute approximate surface area is 108 Å². The molecule has 1 saturated heterocycles. The first-order chi connectivity index (χ1) is 8.90. The summed E-state index contributed by atoms with van der Waals surface area (Å²) in [6, 6.07) is -2.93. The Balaban J connectivity index is 2.50. The minimum atomic E-state index is -1.41. The fourth-order valence-electron chi connectivity index (χ4n) is 1.67. The number of hydrogen-bond acceptors (Lipinski definition) is 4. The maximum Gasteiger partial charge on any atom is 0.326 e. The molecule has 0 radical (unpaired) electrons. The predicted molar refractivity (Wildman–Crippen MR) is 62.9 cm³/mol. The summed E-state index contributed by atoms with van der Waals surface area (Å²) in [6.45, 7) is 0.554. The van der Waals surface area contributed by atoms with E-state index in [1.807, 2.05) is 0 Å². The Morgan fingerprint density at radius 1 is 1.47 bits per heavy atom. The van der Waals surface area contributed by atoms with E-state index in [2.05, 4.69) is 16.0 Å². The number of rotatable bonds is 5. The number of piperidine rings is 1. The van der Waals surface area contributed by atoms with E-state index in [1.165, 1.54) is 0 Å². The Morgan fingerprint density at radius 2 is 2.16 bits per heavy atom. The lowest BCUT2D eigenvalue weighted by molar-refractivity contribution is -0.140. The molecular formula is C10H16N4O5. The van der Waals surface area contributed by atoms with Crippen molar-refractivity contribution in [2.75, 3.05) is 6.54 Å². The molecule has 0 spiro atoms. The number of carboxylic acids is 1. The van der Waals surface area contributed by atoms with Gasteiger partial charge in [-0.2, -0.15) is 0 Å². The second-order valence-corrected chi connectivity index (χ2v) is 4.16. The van der Waals surface area contributed by atoms with Crippen molar-refractivity contribution >= 4 is 23.8 Å². The SMILES string of the molecule is NC(=O)C[C@@H](NC(=O)NC1CCCNC1=O)C(=O)O. The van der Waals surface area contributed by atoms with E-state index < -0.39 is 36.4 Å². The van der Waals surface area contributed by atoms with Crippen LogP contribution in [0.1, 0.15) is 19.3 Å². The van der Waals surface area contributed by atoms with E-state index in [0.717, 1.165) is 6.42 Å². The van der Waals surface area contributed by atoms with Crippen LogP contribution in [0, 0.1) is 0 Å². The van der Waals surface area contributed by atoms with Crippen molar-refractivity contribution in [3.63, 3.8) is 0 Å².